The van der Waals surface area contributed by atoms with Gasteiger partial charge in [0.2, 0.25) is 0 Å². The van der Waals surface area contributed by atoms with Crippen LogP contribution in [-0.2, 0) is 12.1 Å². The van der Waals surface area contributed by atoms with Crippen LogP contribution in [0.2, 0.25) is 0 Å². The Labute approximate surface area is 101 Å². The summed E-state index contributed by atoms with van der Waals surface area (Å²) in [6.45, 7) is 0. The van der Waals surface area contributed by atoms with Gasteiger partial charge in [-0.05, 0) is 17.7 Å². The van der Waals surface area contributed by atoms with E-state index in [1.807, 2.05) is 0 Å². The molecule has 17 heavy (non-hydrogen) atoms. The van der Waals surface area contributed by atoms with Crippen molar-refractivity contribution in [3.05, 3.63) is 47.8 Å². The smallest absolute Gasteiger partial charge is 0.240 e. The minimum atomic E-state index is -4.43. The molecule has 0 aliphatic carbocycles. The van der Waals surface area contributed by atoms with Crippen molar-refractivity contribution in [2.75, 3.05) is 0 Å². The standard InChI is InChI=1S/C11H8ClF3N2/c12-7-8-3-1-2-4-9(8)17-6-5-10(16-17)11(13,14)15/h1-6H,7H2. The summed E-state index contributed by atoms with van der Waals surface area (Å²) in [6, 6.07) is 7.85. The van der Waals surface area contributed by atoms with Crippen molar-refractivity contribution in [2.24, 2.45) is 0 Å². The molecule has 0 spiro atoms. The predicted molar refractivity (Wildman–Crippen MR) is 58.1 cm³/mol. The number of para-hydroxylation sites is 1. The first kappa shape index (κ1) is 12.0. The first-order valence-corrected chi connectivity index (χ1v) is 5.33. The minimum absolute atomic E-state index is 0.220. The number of aromatic nitrogens is 2. The summed E-state index contributed by atoms with van der Waals surface area (Å²) in [4.78, 5) is 0. The van der Waals surface area contributed by atoms with Crippen LogP contribution in [-0.4, -0.2) is 9.78 Å². The van der Waals surface area contributed by atoms with Crippen molar-refractivity contribution < 1.29 is 13.2 Å². The molecule has 6 heteroatoms. The summed E-state index contributed by atoms with van der Waals surface area (Å²) >= 11 is 5.72. The number of alkyl halides is 4. The quantitative estimate of drug-likeness (QED) is 0.754. The van der Waals surface area contributed by atoms with Gasteiger partial charge in [-0.2, -0.15) is 18.3 Å². The van der Waals surface area contributed by atoms with E-state index in [1.165, 1.54) is 10.9 Å². The highest BCUT2D eigenvalue weighted by molar-refractivity contribution is 6.17. The zero-order chi connectivity index (χ0) is 12.5. The second-order valence-electron chi connectivity index (χ2n) is 3.41. The number of halogens is 4. The van der Waals surface area contributed by atoms with E-state index < -0.39 is 11.9 Å². The van der Waals surface area contributed by atoms with Crippen LogP contribution in [0, 0.1) is 0 Å². The summed E-state index contributed by atoms with van der Waals surface area (Å²) < 4.78 is 38.4. The summed E-state index contributed by atoms with van der Waals surface area (Å²) in [6.07, 6.45) is -3.16. The van der Waals surface area contributed by atoms with Crippen LogP contribution in [0.25, 0.3) is 5.69 Å². The second-order valence-corrected chi connectivity index (χ2v) is 3.67. The zero-order valence-electron chi connectivity index (χ0n) is 8.58. The molecule has 0 amide bonds. The van der Waals surface area contributed by atoms with Gasteiger partial charge in [0, 0.05) is 12.1 Å². The molecule has 0 bridgehead atoms. The third kappa shape index (κ3) is 2.44. The molecule has 0 aliphatic rings. The van der Waals surface area contributed by atoms with E-state index in [9.17, 15) is 13.2 Å². The summed E-state index contributed by atoms with van der Waals surface area (Å²) in [5, 5.41) is 3.49. The van der Waals surface area contributed by atoms with Gasteiger partial charge in [-0.3, -0.25) is 0 Å². The number of rotatable bonds is 2. The molecule has 1 aromatic carbocycles. The molecule has 0 fully saturated rings. The van der Waals surface area contributed by atoms with Crippen LogP contribution >= 0.6 is 11.6 Å². The Kier molecular flexibility index (Phi) is 3.11. The molecule has 0 unspecified atom stereocenters. The first-order chi connectivity index (χ1) is 8.02. The number of hydrogen-bond donors (Lipinski definition) is 0. The van der Waals surface area contributed by atoms with Gasteiger partial charge in [0.05, 0.1) is 5.69 Å². The monoisotopic (exact) mass is 260 g/mol. The maximum atomic E-state index is 12.4. The van der Waals surface area contributed by atoms with Gasteiger partial charge in [-0.25, -0.2) is 4.68 Å². The highest BCUT2D eigenvalue weighted by atomic mass is 35.5. The van der Waals surface area contributed by atoms with E-state index in [-0.39, 0.29) is 5.88 Å². The topological polar surface area (TPSA) is 17.8 Å². The average molecular weight is 261 g/mol. The van der Waals surface area contributed by atoms with Gasteiger partial charge in [-0.15, -0.1) is 11.6 Å². The van der Waals surface area contributed by atoms with Crippen LogP contribution in [0.3, 0.4) is 0 Å². The fraction of sp³-hybridized carbons (Fsp3) is 0.182. The van der Waals surface area contributed by atoms with Crippen molar-refractivity contribution in [3.8, 4) is 5.69 Å². The van der Waals surface area contributed by atoms with E-state index in [0.29, 0.717) is 5.69 Å². The first-order valence-electron chi connectivity index (χ1n) is 4.79. The van der Waals surface area contributed by atoms with Gasteiger partial charge in [0.1, 0.15) is 0 Å². The fourth-order valence-electron chi connectivity index (χ4n) is 1.46. The maximum absolute atomic E-state index is 12.4. The fourth-order valence-corrected chi connectivity index (χ4v) is 1.68. The highest BCUT2D eigenvalue weighted by Crippen LogP contribution is 2.28. The molecule has 1 aromatic heterocycles. The van der Waals surface area contributed by atoms with Crippen molar-refractivity contribution in [3.63, 3.8) is 0 Å². The molecular weight excluding hydrogens is 253 g/mol. The van der Waals surface area contributed by atoms with Gasteiger partial charge in [-0.1, -0.05) is 18.2 Å². The van der Waals surface area contributed by atoms with E-state index in [4.69, 9.17) is 11.6 Å². The van der Waals surface area contributed by atoms with Gasteiger partial charge in [0.25, 0.3) is 0 Å². The summed E-state index contributed by atoms with van der Waals surface area (Å²) in [5.41, 5.74) is 0.367. The van der Waals surface area contributed by atoms with Crippen molar-refractivity contribution in [2.45, 2.75) is 12.1 Å². The third-order valence-electron chi connectivity index (χ3n) is 2.26. The molecule has 2 nitrogen and oxygen atoms in total. The van der Waals surface area contributed by atoms with Crippen molar-refractivity contribution in [1.82, 2.24) is 9.78 Å². The Balaban J connectivity index is 2.44. The number of hydrogen-bond acceptors (Lipinski definition) is 1. The van der Waals surface area contributed by atoms with E-state index in [2.05, 4.69) is 5.10 Å². The van der Waals surface area contributed by atoms with Crippen LogP contribution in [0.15, 0.2) is 36.5 Å². The highest BCUT2D eigenvalue weighted by Gasteiger charge is 2.33. The van der Waals surface area contributed by atoms with Crippen LogP contribution in [0.5, 0.6) is 0 Å². The summed E-state index contributed by atoms with van der Waals surface area (Å²) in [5.74, 6) is 0.220. The molecule has 1 heterocycles. The Morgan fingerprint density at radius 3 is 2.47 bits per heavy atom. The van der Waals surface area contributed by atoms with Gasteiger partial charge < -0.3 is 0 Å². The molecule has 0 atom stereocenters. The van der Waals surface area contributed by atoms with E-state index in [0.717, 1.165) is 11.6 Å². The average Bonchev–Trinajstić information content (AvgIpc) is 2.77. The zero-order valence-corrected chi connectivity index (χ0v) is 9.33. The Morgan fingerprint density at radius 2 is 1.88 bits per heavy atom. The Morgan fingerprint density at radius 1 is 1.18 bits per heavy atom. The normalized spacial score (nSPS) is 11.8. The lowest BCUT2D eigenvalue weighted by Crippen LogP contribution is -2.07. The Hall–Kier alpha value is -1.49. The van der Waals surface area contributed by atoms with E-state index in [1.54, 1.807) is 24.3 Å². The summed E-state index contributed by atoms with van der Waals surface area (Å²) in [7, 11) is 0. The van der Waals surface area contributed by atoms with Crippen molar-refractivity contribution in [1.29, 1.82) is 0 Å². The number of benzene rings is 1. The Bertz CT molecular complexity index is 519. The molecular formula is C11H8ClF3N2. The largest absolute Gasteiger partial charge is 0.435 e. The van der Waals surface area contributed by atoms with Gasteiger partial charge in [0.15, 0.2) is 5.69 Å². The molecule has 0 aliphatic heterocycles. The molecule has 2 aromatic rings. The van der Waals surface area contributed by atoms with Crippen LogP contribution in [0.1, 0.15) is 11.3 Å². The van der Waals surface area contributed by atoms with Crippen LogP contribution < -0.4 is 0 Å². The van der Waals surface area contributed by atoms with E-state index >= 15 is 0 Å². The van der Waals surface area contributed by atoms with Crippen LogP contribution in [0.4, 0.5) is 13.2 Å². The predicted octanol–water partition coefficient (Wildman–Crippen LogP) is 3.63. The third-order valence-corrected chi connectivity index (χ3v) is 2.55. The maximum Gasteiger partial charge on any atom is 0.435 e. The number of nitrogens with zero attached hydrogens (tertiary/aromatic N) is 2. The SMILES string of the molecule is FC(F)(F)c1ccn(-c2ccccc2CCl)n1. The lowest BCUT2D eigenvalue weighted by Gasteiger charge is -2.06. The lowest BCUT2D eigenvalue weighted by molar-refractivity contribution is -0.141. The van der Waals surface area contributed by atoms with Crippen molar-refractivity contribution >= 4 is 11.6 Å². The molecule has 90 valence electrons. The van der Waals surface area contributed by atoms with Gasteiger partial charge >= 0.3 is 6.18 Å². The lowest BCUT2D eigenvalue weighted by atomic mass is 10.2. The molecule has 0 saturated carbocycles. The molecule has 0 N–H and O–H groups in total. The minimum Gasteiger partial charge on any atom is -0.240 e. The molecule has 0 radical (unpaired) electrons. The second kappa shape index (κ2) is 4.41. The molecule has 2 rings (SSSR count). The molecule has 0 saturated heterocycles.